The minimum atomic E-state index is -0.823. The third kappa shape index (κ3) is 4.29. The maximum Gasteiger partial charge on any atom is 0.309 e. The van der Waals surface area contributed by atoms with Gasteiger partial charge in [-0.3, -0.25) is 4.79 Å². The highest BCUT2D eigenvalue weighted by atomic mass is 32.2. The monoisotopic (exact) mass is 273 g/mol. The van der Waals surface area contributed by atoms with Gasteiger partial charge in [0.1, 0.15) is 4.34 Å². The molecule has 1 aromatic rings. The minimum Gasteiger partial charge on any atom is -0.481 e. The first kappa shape index (κ1) is 12.9. The van der Waals surface area contributed by atoms with E-state index in [1.54, 1.807) is 11.8 Å². The van der Waals surface area contributed by atoms with Crippen LogP contribution in [0.1, 0.15) is 18.5 Å². The van der Waals surface area contributed by atoms with Crippen molar-refractivity contribution in [2.45, 2.75) is 23.6 Å². The van der Waals surface area contributed by atoms with E-state index in [9.17, 15) is 4.79 Å². The minimum absolute atomic E-state index is 0.0222. The van der Waals surface area contributed by atoms with E-state index in [1.807, 2.05) is 5.38 Å². The number of thiazole rings is 1. The zero-order valence-electron chi connectivity index (χ0n) is 9.42. The zero-order chi connectivity index (χ0) is 12.1. The lowest BCUT2D eigenvalue weighted by molar-refractivity contribution is -0.136. The number of rotatable bonds is 5. The Morgan fingerprint density at radius 3 is 3.06 bits per heavy atom. The van der Waals surface area contributed by atoms with E-state index in [1.165, 1.54) is 11.3 Å². The van der Waals surface area contributed by atoms with Gasteiger partial charge in [-0.25, -0.2) is 4.98 Å². The molecule has 0 amide bonds. The van der Waals surface area contributed by atoms with Crippen LogP contribution in [-0.4, -0.2) is 35.0 Å². The van der Waals surface area contributed by atoms with Gasteiger partial charge < -0.3 is 9.84 Å². The SMILES string of the molecule is O=C(O)Cc1csc(SCC2CCOCC2)n1. The lowest BCUT2D eigenvalue weighted by Crippen LogP contribution is -2.17. The van der Waals surface area contributed by atoms with Gasteiger partial charge in [0.25, 0.3) is 0 Å². The molecule has 0 unspecified atom stereocenters. The molecule has 94 valence electrons. The van der Waals surface area contributed by atoms with E-state index in [0.717, 1.165) is 36.1 Å². The van der Waals surface area contributed by atoms with Crippen molar-refractivity contribution in [1.29, 1.82) is 0 Å². The molecule has 4 nitrogen and oxygen atoms in total. The molecular weight excluding hydrogens is 258 g/mol. The molecule has 17 heavy (non-hydrogen) atoms. The van der Waals surface area contributed by atoms with Crippen LogP contribution >= 0.6 is 23.1 Å². The molecular formula is C11H15NO3S2. The van der Waals surface area contributed by atoms with Crippen LogP contribution in [-0.2, 0) is 16.0 Å². The van der Waals surface area contributed by atoms with Crippen molar-refractivity contribution < 1.29 is 14.6 Å². The molecule has 6 heteroatoms. The fraction of sp³-hybridized carbons (Fsp3) is 0.636. The van der Waals surface area contributed by atoms with Crippen molar-refractivity contribution in [1.82, 2.24) is 4.98 Å². The summed E-state index contributed by atoms with van der Waals surface area (Å²) in [6.45, 7) is 1.74. The number of carbonyl (C=O) groups is 1. The van der Waals surface area contributed by atoms with Gasteiger partial charge >= 0.3 is 5.97 Å². The van der Waals surface area contributed by atoms with Gasteiger partial charge in [-0.05, 0) is 18.8 Å². The molecule has 2 heterocycles. The highest BCUT2D eigenvalue weighted by molar-refractivity contribution is 8.01. The van der Waals surface area contributed by atoms with Crippen molar-refractivity contribution in [3.05, 3.63) is 11.1 Å². The molecule has 1 fully saturated rings. The average molecular weight is 273 g/mol. The summed E-state index contributed by atoms with van der Waals surface area (Å²) in [5.41, 5.74) is 0.664. The lowest BCUT2D eigenvalue weighted by Gasteiger charge is -2.20. The third-order valence-corrected chi connectivity index (χ3v) is 4.95. The topological polar surface area (TPSA) is 59.4 Å². The summed E-state index contributed by atoms with van der Waals surface area (Å²) in [6.07, 6.45) is 2.27. The Labute approximate surface area is 108 Å². The van der Waals surface area contributed by atoms with Gasteiger partial charge in [0.05, 0.1) is 12.1 Å². The second-order valence-electron chi connectivity index (χ2n) is 4.04. The summed E-state index contributed by atoms with van der Waals surface area (Å²) in [5, 5.41) is 10.5. The van der Waals surface area contributed by atoms with Crippen LogP contribution in [0.2, 0.25) is 0 Å². The molecule has 1 saturated heterocycles. The van der Waals surface area contributed by atoms with Gasteiger partial charge in [-0.1, -0.05) is 11.8 Å². The number of ether oxygens (including phenoxy) is 1. The highest BCUT2D eigenvalue weighted by Gasteiger charge is 2.15. The Hall–Kier alpha value is -0.590. The molecule has 0 aromatic carbocycles. The van der Waals surface area contributed by atoms with E-state index < -0.39 is 5.97 Å². The molecule has 1 aromatic heterocycles. The maximum absolute atomic E-state index is 10.5. The van der Waals surface area contributed by atoms with Crippen molar-refractivity contribution in [3.8, 4) is 0 Å². The Morgan fingerprint density at radius 2 is 2.35 bits per heavy atom. The molecule has 0 saturated carbocycles. The third-order valence-electron chi connectivity index (χ3n) is 2.65. The molecule has 0 aliphatic carbocycles. The Morgan fingerprint density at radius 1 is 1.59 bits per heavy atom. The quantitative estimate of drug-likeness (QED) is 0.834. The molecule has 0 atom stereocenters. The predicted molar refractivity (Wildman–Crippen MR) is 67.7 cm³/mol. The maximum atomic E-state index is 10.5. The highest BCUT2D eigenvalue weighted by Crippen LogP contribution is 2.28. The molecule has 1 aliphatic rings. The molecule has 0 radical (unpaired) electrons. The number of nitrogens with zero attached hydrogens (tertiary/aromatic N) is 1. The molecule has 1 N–H and O–H groups in total. The number of thioether (sulfide) groups is 1. The van der Waals surface area contributed by atoms with Gasteiger partial charge in [0.2, 0.25) is 0 Å². The summed E-state index contributed by atoms with van der Waals surface area (Å²) in [7, 11) is 0. The van der Waals surface area contributed by atoms with Crippen LogP contribution < -0.4 is 0 Å². The van der Waals surface area contributed by atoms with E-state index in [4.69, 9.17) is 9.84 Å². The van der Waals surface area contributed by atoms with Gasteiger partial charge in [-0.2, -0.15) is 0 Å². The van der Waals surface area contributed by atoms with Crippen molar-refractivity contribution >= 4 is 29.1 Å². The van der Waals surface area contributed by atoms with E-state index in [-0.39, 0.29) is 6.42 Å². The number of hydrogen-bond donors (Lipinski definition) is 1. The number of carboxylic acids is 1. The first-order valence-electron chi connectivity index (χ1n) is 5.61. The number of carboxylic acid groups (broad SMARTS) is 1. The molecule has 0 bridgehead atoms. The fourth-order valence-corrected chi connectivity index (χ4v) is 3.75. The van der Waals surface area contributed by atoms with Crippen LogP contribution in [0.15, 0.2) is 9.72 Å². The van der Waals surface area contributed by atoms with Crippen molar-refractivity contribution in [2.75, 3.05) is 19.0 Å². The number of hydrogen-bond acceptors (Lipinski definition) is 5. The van der Waals surface area contributed by atoms with E-state index >= 15 is 0 Å². The fourth-order valence-electron chi connectivity index (χ4n) is 1.69. The Bertz CT molecular complexity index is 375. The van der Waals surface area contributed by atoms with Crippen molar-refractivity contribution in [3.63, 3.8) is 0 Å². The van der Waals surface area contributed by atoms with E-state index in [2.05, 4.69) is 4.98 Å². The summed E-state index contributed by atoms with van der Waals surface area (Å²) in [6, 6.07) is 0. The summed E-state index contributed by atoms with van der Waals surface area (Å²) >= 11 is 3.27. The largest absolute Gasteiger partial charge is 0.481 e. The van der Waals surface area contributed by atoms with Gasteiger partial charge in [0.15, 0.2) is 0 Å². The summed E-state index contributed by atoms with van der Waals surface area (Å²) < 4.78 is 6.29. The molecule has 1 aliphatic heterocycles. The van der Waals surface area contributed by atoms with Gasteiger partial charge in [0, 0.05) is 24.3 Å². The number of aromatic nitrogens is 1. The predicted octanol–water partition coefficient (Wildman–Crippen LogP) is 2.29. The van der Waals surface area contributed by atoms with Crippen LogP contribution in [0.4, 0.5) is 0 Å². The lowest BCUT2D eigenvalue weighted by atomic mass is 10.0. The summed E-state index contributed by atoms with van der Waals surface area (Å²) in [4.78, 5) is 14.8. The summed E-state index contributed by atoms with van der Waals surface area (Å²) in [5.74, 6) is 0.945. The first-order valence-corrected chi connectivity index (χ1v) is 7.47. The zero-order valence-corrected chi connectivity index (χ0v) is 11.1. The Balaban J connectivity index is 1.78. The normalized spacial score (nSPS) is 17.2. The smallest absolute Gasteiger partial charge is 0.309 e. The number of aliphatic carboxylic acids is 1. The van der Waals surface area contributed by atoms with Crippen LogP contribution in [0.3, 0.4) is 0 Å². The average Bonchev–Trinajstić information content (AvgIpc) is 2.75. The van der Waals surface area contributed by atoms with Crippen LogP contribution in [0.25, 0.3) is 0 Å². The van der Waals surface area contributed by atoms with E-state index in [0.29, 0.717) is 11.6 Å². The second kappa shape index (κ2) is 6.37. The van der Waals surface area contributed by atoms with Crippen molar-refractivity contribution in [2.24, 2.45) is 5.92 Å². The standard InChI is InChI=1S/C11H15NO3S2/c13-10(14)5-9-7-17-11(12-9)16-6-8-1-3-15-4-2-8/h7-8H,1-6H2,(H,13,14). The van der Waals surface area contributed by atoms with Crippen LogP contribution in [0.5, 0.6) is 0 Å². The molecule has 2 rings (SSSR count). The first-order chi connectivity index (χ1) is 8.24. The Kier molecular flexibility index (Phi) is 4.82. The second-order valence-corrected chi connectivity index (χ2v) is 6.17. The van der Waals surface area contributed by atoms with Gasteiger partial charge in [-0.15, -0.1) is 11.3 Å². The molecule has 0 spiro atoms. The van der Waals surface area contributed by atoms with Crippen LogP contribution in [0, 0.1) is 5.92 Å².